The lowest BCUT2D eigenvalue weighted by molar-refractivity contribution is -0.120. The van der Waals surface area contributed by atoms with Gasteiger partial charge in [-0.3, -0.25) is 9.59 Å². The zero-order chi connectivity index (χ0) is 23.7. The molecule has 6 nitrogen and oxygen atoms in total. The third kappa shape index (κ3) is 4.59. The number of ether oxygens (including phenoxy) is 1. The van der Waals surface area contributed by atoms with E-state index in [0.29, 0.717) is 16.4 Å². The van der Waals surface area contributed by atoms with Crippen LogP contribution in [-0.4, -0.2) is 17.8 Å². The largest absolute Gasteiger partial charge is 0.421 e. The molecule has 3 aromatic rings. The number of esters is 1. The topological polar surface area (TPSA) is 75.7 Å². The first-order valence-corrected chi connectivity index (χ1v) is 10.8. The third-order valence-corrected chi connectivity index (χ3v) is 5.75. The van der Waals surface area contributed by atoms with Gasteiger partial charge in [-0.25, -0.2) is 9.69 Å². The maximum atomic E-state index is 12.9. The summed E-state index contributed by atoms with van der Waals surface area (Å²) in [6.07, 6.45) is 0. The highest BCUT2D eigenvalue weighted by molar-refractivity contribution is 6.53. The molecule has 3 aromatic carbocycles. The van der Waals surface area contributed by atoms with Crippen LogP contribution < -0.4 is 15.0 Å². The Hall–Kier alpha value is -3.32. The van der Waals surface area contributed by atoms with E-state index in [1.807, 2.05) is 6.07 Å². The van der Waals surface area contributed by atoms with Crippen molar-refractivity contribution in [2.75, 3.05) is 10.2 Å². The maximum Gasteiger partial charge on any atom is 0.343 e. The second-order valence-corrected chi connectivity index (χ2v) is 8.31. The maximum absolute atomic E-state index is 12.9. The van der Waals surface area contributed by atoms with Crippen molar-refractivity contribution in [2.45, 2.75) is 6.92 Å². The molecule has 0 radical (unpaired) electrons. The first-order chi connectivity index (χ1) is 15.8. The van der Waals surface area contributed by atoms with Gasteiger partial charge in [0.25, 0.3) is 11.8 Å². The molecule has 1 N–H and O–H groups in total. The molecular weight excluding hydrogens is 487 g/mol. The molecule has 1 heterocycles. The average molecular weight is 502 g/mol. The van der Waals surface area contributed by atoms with Crippen molar-refractivity contribution >= 4 is 64.0 Å². The number of aryl methyl sites for hydroxylation is 1. The minimum absolute atomic E-state index is 0.0480. The number of carbonyl (C=O) groups is 3. The van der Waals surface area contributed by atoms with E-state index in [-0.39, 0.29) is 27.1 Å². The lowest BCUT2D eigenvalue weighted by Crippen LogP contribution is -2.32. The van der Waals surface area contributed by atoms with Crippen molar-refractivity contribution in [1.29, 1.82) is 0 Å². The Balaban J connectivity index is 1.49. The smallest absolute Gasteiger partial charge is 0.343 e. The molecule has 0 aromatic heterocycles. The fourth-order valence-electron chi connectivity index (χ4n) is 3.20. The van der Waals surface area contributed by atoms with Crippen LogP contribution in [0.2, 0.25) is 10.0 Å². The third-order valence-electron chi connectivity index (χ3n) is 4.87. The van der Waals surface area contributed by atoms with E-state index in [0.717, 1.165) is 10.5 Å². The second kappa shape index (κ2) is 9.27. The number of nitrogens with zero attached hydrogens (tertiary/aromatic N) is 1. The lowest BCUT2D eigenvalue weighted by Gasteiger charge is -2.17. The van der Waals surface area contributed by atoms with Gasteiger partial charge in [-0.1, -0.05) is 53.0 Å². The molecule has 0 spiro atoms. The van der Waals surface area contributed by atoms with Gasteiger partial charge in [0, 0.05) is 10.7 Å². The van der Waals surface area contributed by atoms with Gasteiger partial charge in [0.15, 0.2) is 0 Å². The Kier molecular flexibility index (Phi) is 6.42. The Morgan fingerprint density at radius 1 is 0.909 bits per heavy atom. The predicted molar refractivity (Wildman–Crippen MR) is 128 cm³/mol. The standard InChI is InChI=1S/C24H15Cl3N2O4/c1-13-4-2-3-5-18(13)29-22(30)20(27)21(23(29)31)28-16-9-6-14(7-10-16)24(32)33-19-11-8-15(25)12-17(19)26/h2-12,28H,1H3. The van der Waals surface area contributed by atoms with Gasteiger partial charge < -0.3 is 10.1 Å². The molecule has 9 heteroatoms. The van der Waals surface area contributed by atoms with Crippen molar-refractivity contribution in [1.82, 2.24) is 0 Å². The summed E-state index contributed by atoms with van der Waals surface area (Å²) in [4.78, 5) is 39.0. The van der Waals surface area contributed by atoms with E-state index < -0.39 is 17.8 Å². The highest BCUT2D eigenvalue weighted by Crippen LogP contribution is 2.32. The van der Waals surface area contributed by atoms with Crippen LogP contribution >= 0.6 is 34.8 Å². The summed E-state index contributed by atoms with van der Waals surface area (Å²) in [5, 5.41) is 3.28. The Morgan fingerprint density at radius 3 is 2.27 bits per heavy atom. The van der Waals surface area contributed by atoms with Crippen LogP contribution in [0.25, 0.3) is 0 Å². The van der Waals surface area contributed by atoms with Crippen LogP contribution in [0, 0.1) is 6.92 Å². The molecule has 0 fully saturated rings. The zero-order valence-electron chi connectivity index (χ0n) is 17.1. The molecule has 4 rings (SSSR count). The van der Waals surface area contributed by atoms with Crippen LogP contribution in [0.4, 0.5) is 11.4 Å². The number of imide groups is 1. The Bertz CT molecular complexity index is 1320. The summed E-state index contributed by atoms with van der Waals surface area (Å²) in [6.45, 7) is 1.80. The first kappa shape index (κ1) is 22.9. The van der Waals surface area contributed by atoms with Gasteiger partial charge >= 0.3 is 5.97 Å². The Morgan fingerprint density at radius 2 is 1.61 bits per heavy atom. The van der Waals surface area contributed by atoms with Crippen molar-refractivity contribution in [3.05, 3.63) is 98.6 Å². The molecule has 0 saturated carbocycles. The number of para-hydroxylation sites is 1. The SMILES string of the molecule is Cc1ccccc1N1C(=O)C(Cl)=C(Nc2ccc(C(=O)Oc3ccc(Cl)cc3Cl)cc2)C1=O. The van der Waals surface area contributed by atoms with Crippen molar-refractivity contribution in [3.8, 4) is 5.75 Å². The molecule has 1 aliphatic rings. The number of nitrogens with one attached hydrogen (secondary N) is 1. The zero-order valence-corrected chi connectivity index (χ0v) is 19.3. The molecule has 33 heavy (non-hydrogen) atoms. The van der Waals surface area contributed by atoms with Crippen LogP contribution in [0.1, 0.15) is 15.9 Å². The molecule has 0 bridgehead atoms. The summed E-state index contributed by atoms with van der Waals surface area (Å²) in [6, 6.07) is 17.7. The summed E-state index contributed by atoms with van der Waals surface area (Å²) >= 11 is 18.1. The fourth-order valence-corrected chi connectivity index (χ4v) is 3.85. The quantitative estimate of drug-likeness (QED) is 0.265. The summed E-state index contributed by atoms with van der Waals surface area (Å²) in [5.41, 5.74) is 1.88. The molecule has 166 valence electrons. The van der Waals surface area contributed by atoms with Gasteiger partial charge in [-0.05, 0) is 61.0 Å². The highest BCUT2D eigenvalue weighted by Gasteiger charge is 2.39. The van der Waals surface area contributed by atoms with E-state index in [4.69, 9.17) is 39.5 Å². The minimum atomic E-state index is -0.624. The molecule has 0 saturated heterocycles. The summed E-state index contributed by atoms with van der Waals surface area (Å²) < 4.78 is 5.30. The Labute approximate surface area is 204 Å². The molecule has 0 atom stereocenters. The molecule has 2 amide bonds. The van der Waals surface area contributed by atoms with E-state index >= 15 is 0 Å². The number of benzene rings is 3. The van der Waals surface area contributed by atoms with Gasteiger partial charge in [0.05, 0.1) is 16.3 Å². The van der Waals surface area contributed by atoms with Crippen LogP contribution in [0.15, 0.2) is 77.5 Å². The predicted octanol–water partition coefficient (Wildman–Crippen LogP) is 5.96. The fraction of sp³-hybridized carbons (Fsp3) is 0.0417. The van der Waals surface area contributed by atoms with Gasteiger partial charge in [0.1, 0.15) is 16.5 Å². The number of hydrogen-bond acceptors (Lipinski definition) is 5. The summed E-state index contributed by atoms with van der Waals surface area (Å²) in [5.74, 6) is -1.63. The number of carbonyl (C=O) groups excluding carboxylic acids is 3. The van der Waals surface area contributed by atoms with Crippen LogP contribution in [-0.2, 0) is 9.59 Å². The van der Waals surface area contributed by atoms with E-state index in [1.54, 1.807) is 43.3 Å². The summed E-state index contributed by atoms with van der Waals surface area (Å²) in [7, 11) is 0. The van der Waals surface area contributed by atoms with Gasteiger partial charge in [-0.2, -0.15) is 0 Å². The van der Waals surface area contributed by atoms with Crippen molar-refractivity contribution < 1.29 is 19.1 Å². The van der Waals surface area contributed by atoms with E-state index in [2.05, 4.69) is 5.32 Å². The molecule has 0 aliphatic carbocycles. The van der Waals surface area contributed by atoms with E-state index in [1.165, 1.54) is 24.3 Å². The number of hydrogen-bond donors (Lipinski definition) is 1. The van der Waals surface area contributed by atoms with Crippen LogP contribution in [0.3, 0.4) is 0 Å². The minimum Gasteiger partial charge on any atom is -0.421 e. The van der Waals surface area contributed by atoms with Gasteiger partial charge in [-0.15, -0.1) is 0 Å². The average Bonchev–Trinajstić information content (AvgIpc) is 3.00. The van der Waals surface area contributed by atoms with Crippen LogP contribution in [0.5, 0.6) is 5.75 Å². The first-order valence-electron chi connectivity index (χ1n) is 9.65. The normalized spacial score (nSPS) is 13.5. The number of rotatable bonds is 5. The second-order valence-electron chi connectivity index (χ2n) is 7.09. The lowest BCUT2D eigenvalue weighted by atomic mass is 10.2. The molecule has 0 unspecified atom stereocenters. The van der Waals surface area contributed by atoms with Gasteiger partial charge in [0.2, 0.25) is 0 Å². The molecular formula is C24H15Cl3N2O4. The van der Waals surface area contributed by atoms with Crippen molar-refractivity contribution in [2.24, 2.45) is 0 Å². The van der Waals surface area contributed by atoms with E-state index in [9.17, 15) is 14.4 Å². The molecule has 1 aliphatic heterocycles. The van der Waals surface area contributed by atoms with Crippen molar-refractivity contribution in [3.63, 3.8) is 0 Å². The number of amides is 2. The highest BCUT2D eigenvalue weighted by atomic mass is 35.5. The monoisotopic (exact) mass is 500 g/mol. The number of halogens is 3. The number of anilines is 2.